The van der Waals surface area contributed by atoms with Crippen molar-refractivity contribution in [1.29, 1.82) is 0 Å². The van der Waals surface area contributed by atoms with Crippen molar-refractivity contribution in [2.45, 2.75) is 13.0 Å². The summed E-state index contributed by atoms with van der Waals surface area (Å²) in [4.78, 5) is 10.4. The molecule has 2 rings (SSSR count). The summed E-state index contributed by atoms with van der Waals surface area (Å²) < 4.78 is 0.403. The first-order valence-electron chi connectivity index (χ1n) is 6.10. The summed E-state index contributed by atoms with van der Waals surface area (Å²) in [5, 5.41) is 32.9. The van der Waals surface area contributed by atoms with Crippen molar-refractivity contribution in [2.24, 2.45) is 0 Å². The summed E-state index contributed by atoms with van der Waals surface area (Å²) in [5.41, 5.74) is 1.20. The molecule has 3 N–H and O–H groups in total. The summed E-state index contributed by atoms with van der Waals surface area (Å²) in [6.07, 6.45) is 0. The van der Waals surface area contributed by atoms with E-state index in [0.717, 1.165) is 0 Å². The molecule has 6 nitrogen and oxygen atoms in total. The first-order chi connectivity index (χ1) is 9.86. The van der Waals surface area contributed by atoms with Gasteiger partial charge in [0.2, 0.25) is 0 Å². The van der Waals surface area contributed by atoms with Crippen molar-refractivity contribution in [1.82, 2.24) is 0 Å². The van der Waals surface area contributed by atoms with Crippen LogP contribution in [0.5, 0.6) is 11.5 Å². The average Bonchev–Trinajstić information content (AvgIpc) is 2.39. The lowest BCUT2D eigenvalue weighted by molar-refractivity contribution is -0.385. The zero-order valence-corrected chi connectivity index (χ0v) is 12.7. The minimum absolute atomic E-state index is 0.0362. The number of nitrogens with one attached hydrogen (secondary N) is 1. The third kappa shape index (κ3) is 3.63. The monoisotopic (exact) mass is 352 g/mol. The van der Waals surface area contributed by atoms with Crippen molar-refractivity contribution in [2.75, 3.05) is 5.32 Å². The maximum absolute atomic E-state index is 10.9. The fraction of sp³-hybridized carbons (Fsp3) is 0.143. The maximum Gasteiger partial charge on any atom is 0.285 e. The van der Waals surface area contributed by atoms with E-state index in [4.69, 9.17) is 0 Å². The number of phenols is 2. The lowest BCUT2D eigenvalue weighted by atomic mass is 10.1. The smallest absolute Gasteiger partial charge is 0.285 e. The number of halogens is 1. The zero-order chi connectivity index (χ0) is 15.6. The van der Waals surface area contributed by atoms with Gasteiger partial charge in [-0.25, -0.2) is 0 Å². The van der Waals surface area contributed by atoms with E-state index >= 15 is 0 Å². The van der Waals surface area contributed by atoms with Crippen molar-refractivity contribution < 1.29 is 15.1 Å². The fourth-order valence-corrected chi connectivity index (χ4v) is 2.34. The first-order valence-corrected chi connectivity index (χ1v) is 6.89. The Balaban J connectivity index is 2.25. The number of phenolic OH excluding ortho intramolecular Hbond substituents is 2. The number of hydrogen-bond acceptors (Lipinski definition) is 5. The number of rotatable bonds is 4. The van der Waals surface area contributed by atoms with E-state index in [1.807, 2.05) is 6.92 Å². The molecule has 1 atom stereocenters. The van der Waals surface area contributed by atoms with Gasteiger partial charge in [0.25, 0.3) is 5.69 Å². The lowest BCUT2D eigenvalue weighted by Crippen LogP contribution is -2.06. The fourth-order valence-electron chi connectivity index (χ4n) is 1.94. The van der Waals surface area contributed by atoms with E-state index in [1.165, 1.54) is 24.3 Å². The van der Waals surface area contributed by atoms with Crippen LogP contribution in [0.15, 0.2) is 40.9 Å². The third-order valence-corrected chi connectivity index (χ3v) is 3.62. The summed E-state index contributed by atoms with van der Waals surface area (Å²) in [6.45, 7) is 1.82. The van der Waals surface area contributed by atoms with Crippen LogP contribution in [0.1, 0.15) is 18.5 Å². The van der Waals surface area contributed by atoms with Crippen LogP contribution in [0.4, 0.5) is 11.4 Å². The van der Waals surface area contributed by atoms with Crippen molar-refractivity contribution >= 4 is 27.3 Å². The van der Waals surface area contributed by atoms with Gasteiger partial charge in [0.1, 0.15) is 11.5 Å². The van der Waals surface area contributed by atoms with Gasteiger partial charge < -0.3 is 15.5 Å². The van der Waals surface area contributed by atoms with Crippen LogP contribution >= 0.6 is 15.9 Å². The number of nitro groups is 1. The molecule has 21 heavy (non-hydrogen) atoms. The molecule has 0 fully saturated rings. The van der Waals surface area contributed by atoms with Gasteiger partial charge in [-0.1, -0.05) is 0 Å². The van der Waals surface area contributed by atoms with Crippen LogP contribution in [-0.4, -0.2) is 15.1 Å². The molecule has 0 saturated heterocycles. The van der Waals surface area contributed by atoms with E-state index in [1.54, 1.807) is 12.1 Å². The highest BCUT2D eigenvalue weighted by Crippen LogP contribution is 2.31. The Labute approximate surface area is 129 Å². The SMILES string of the molecule is CC(Nc1ccc(Br)c([N+](=O)[O-])c1)c1cc(O)cc(O)c1. The zero-order valence-electron chi connectivity index (χ0n) is 11.1. The van der Waals surface area contributed by atoms with Crippen molar-refractivity contribution in [3.63, 3.8) is 0 Å². The highest BCUT2D eigenvalue weighted by Gasteiger charge is 2.14. The van der Waals surface area contributed by atoms with E-state index in [2.05, 4.69) is 21.2 Å². The number of aromatic hydroxyl groups is 2. The molecule has 1 unspecified atom stereocenters. The summed E-state index contributed by atoms with van der Waals surface area (Å²) in [6, 6.07) is 8.74. The molecule has 0 saturated carbocycles. The maximum atomic E-state index is 10.9. The molecular weight excluding hydrogens is 340 g/mol. The Bertz CT molecular complexity index is 670. The normalized spacial score (nSPS) is 11.9. The van der Waals surface area contributed by atoms with E-state index < -0.39 is 4.92 Å². The molecule has 110 valence electrons. The lowest BCUT2D eigenvalue weighted by Gasteiger charge is -2.16. The number of nitrogens with zero attached hydrogens (tertiary/aromatic N) is 1. The van der Waals surface area contributed by atoms with E-state index in [9.17, 15) is 20.3 Å². The van der Waals surface area contributed by atoms with Crippen LogP contribution in [-0.2, 0) is 0 Å². The van der Waals surface area contributed by atoms with Gasteiger partial charge in [0.15, 0.2) is 0 Å². The van der Waals surface area contributed by atoms with Gasteiger partial charge in [-0.2, -0.15) is 0 Å². The summed E-state index contributed by atoms with van der Waals surface area (Å²) >= 11 is 3.13. The molecule has 0 aliphatic heterocycles. The second kappa shape index (κ2) is 6.01. The van der Waals surface area contributed by atoms with Crippen LogP contribution in [0, 0.1) is 10.1 Å². The number of nitro benzene ring substituents is 1. The summed E-state index contributed by atoms with van der Waals surface area (Å²) in [5.74, 6) is -0.0825. The molecule has 0 bridgehead atoms. The first kappa shape index (κ1) is 15.1. The predicted octanol–water partition coefficient (Wildman–Crippen LogP) is 3.94. The van der Waals surface area contributed by atoms with Crippen LogP contribution in [0.2, 0.25) is 0 Å². The average molecular weight is 353 g/mol. The Hall–Kier alpha value is -2.28. The van der Waals surface area contributed by atoms with Gasteiger partial charge in [0, 0.05) is 23.9 Å². The standard InChI is InChI=1S/C14H13BrN2O4/c1-8(9-4-11(18)7-12(19)5-9)16-10-2-3-13(15)14(6-10)17(20)21/h2-8,16,18-19H,1H3. The van der Waals surface area contributed by atoms with Gasteiger partial charge in [-0.05, 0) is 52.7 Å². The topological polar surface area (TPSA) is 95.6 Å². The third-order valence-electron chi connectivity index (χ3n) is 2.95. The Morgan fingerprint density at radius 2 is 1.81 bits per heavy atom. The molecule has 0 heterocycles. The molecule has 0 spiro atoms. The second-order valence-corrected chi connectivity index (χ2v) is 5.43. The number of benzene rings is 2. The van der Waals surface area contributed by atoms with Gasteiger partial charge in [-0.3, -0.25) is 10.1 Å². The molecule has 2 aromatic carbocycles. The molecule has 0 aliphatic carbocycles. The molecular formula is C14H13BrN2O4. The van der Waals surface area contributed by atoms with Gasteiger partial charge >= 0.3 is 0 Å². The van der Waals surface area contributed by atoms with Crippen molar-refractivity contribution in [3.8, 4) is 11.5 Å². The predicted molar refractivity (Wildman–Crippen MR) is 82.6 cm³/mol. The van der Waals surface area contributed by atoms with Gasteiger partial charge in [0.05, 0.1) is 9.40 Å². The van der Waals surface area contributed by atoms with Crippen LogP contribution < -0.4 is 5.32 Å². The molecule has 0 aliphatic rings. The Kier molecular flexibility index (Phi) is 4.32. The minimum Gasteiger partial charge on any atom is -0.508 e. The molecule has 0 amide bonds. The Morgan fingerprint density at radius 1 is 1.19 bits per heavy atom. The van der Waals surface area contributed by atoms with Crippen LogP contribution in [0.25, 0.3) is 0 Å². The molecule has 0 aromatic heterocycles. The Morgan fingerprint density at radius 3 is 2.38 bits per heavy atom. The largest absolute Gasteiger partial charge is 0.508 e. The highest BCUT2D eigenvalue weighted by atomic mass is 79.9. The van der Waals surface area contributed by atoms with Crippen LogP contribution in [0.3, 0.4) is 0 Å². The second-order valence-electron chi connectivity index (χ2n) is 4.57. The molecule has 0 radical (unpaired) electrons. The van der Waals surface area contributed by atoms with Crippen molar-refractivity contribution in [3.05, 3.63) is 56.5 Å². The molecule has 7 heteroatoms. The summed E-state index contributed by atoms with van der Waals surface area (Å²) in [7, 11) is 0. The quantitative estimate of drug-likeness (QED) is 0.572. The van der Waals surface area contributed by atoms with E-state index in [-0.39, 0.29) is 23.2 Å². The highest BCUT2D eigenvalue weighted by molar-refractivity contribution is 9.10. The minimum atomic E-state index is -0.472. The number of anilines is 1. The number of hydrogen-bond donors (Lipinski definition) is 3. The molecule has 2 aromatic rings. The van der Waals surface area contributed by atoms with Gasteiger partial charge in [-0.15, -0.1) is 0 Å². The van der Waals surface area contributed by atoms with E-state index in [0.29, 0.717) is 15.7 Å².